The van der Waals surface area contributed by atoms with E-state index in [4.69, 9.17) is 9.47 Å². The Kier molecular flexibility index (Phi) is 2.85. The molecule has 0 spiro atoms. The van der Waals surface area contributed by atoms with Crippen LogP contribution in [0.1, 0.15) is 25.0 Å². The third kappa shape index (κ3) is 1.82. The first kappa shape index (κ1) is 12.9. The van der Waals surface area contributed by atoms with Crippen LogP contribution >= 0.6 is 0 Å². The van der Waals surface area contributed by atoms with Crippen LogP contribution in [0.25, 0.3) is 0 Å². The summed E-state index contributed by atoms with van der Waals surface area (Å²) in [5.41, 5.74) is 4.69. The lowest BCUT2D eigenvalue weighted by Gasteiger charge is -2.36. The lowest BCUT2D eigenvalue weighted by atomic mass is 9.74. The van der Waals surface area contributed by atoms with Crippen LogP contribution in [-0.4, -0.2) is 14.2 Å². The third-order valence-corrected chi connectivity index (χ3v) is 4.07. The lowest BCUT2D eigenvalue weighted by molar-refractivity contribution is 0.414. The number of ether oxygens (including phenoxy) is 2. The van der Waals surface area contributed by atoms with Gasteiger partial charge in [-0.05, 0) is 23.3 Å². The summed E-state index contributed by atoms with van der Waals surface area (Å²) in [6, 6.07) is 12.4. The molecule has 0 atom stereocenters. The lowest BCUT2D eigenvalue weighted by Crippen LogP contribution is -2.25. The van der Waals surface area contributed by atoms with Gasteiger partial charge in [-0.25, -0.2) is 0 Å². The number of hydrogen-bond acceptors (Lipinski definition) is 3. The Hall–Kier alpha value is -2.16. The Morgan fingerprint density at radius 2 is 1.25 bits per heavy atom. The summed E-state index contributed by atoms with van der Waals surface area (Å²) >= 11 is 0. The molecule has 0 aliphatic carbocycles. The number of methoxy groups -OCH3 is 2. The minimum atomic E-state index is -0.0472. The van der Waals surface area contributed by atoms with Crippen molar-refractivity contribution < 1.29 is 9.47 Å². The number of nitrogens with one attached hydrogen (secondary N) is 1. The van der Waals surface area contributed by atoms with Gasteiger partial charge in [-0.3, -0.25) is 0 Å². The molecular formula is C17H19NO2. The zero-order valence-electron chi connectivity index (χ0n) is 12.3. The summed E-state index contributed by atoms with van der Waals surface area (Å²) < 4.78 is 10.6. The maximum atomic E-state index is 5.32. The van der Waals surface area contributed by atoms with E-state index in [-0.39, 0.29) is 5.41 Å². The Balaban J connectivity index is 2.17. The van der Waals surface area contributed by atoms with Crippen LogP contribution < -0.4 is 14.8 Å². The molecule has 1 N–H and O–H groups in total. The van der Waals surface area contributed by atoms with Crippen LogP contribution in [0.5, 0.6) is 11.5 Å². The second kappa shape index (κ2) is 4.44. The highest BCUT2D eigenvalue weighted by Gasteiger charge is 2.32. The number of hydrogen-bond donors (Lipinski definition) is 1. The molecule has 1 heterocycles. The summed E-state index contributed by atoms with van der Waals surface area (Å²) in [4.78, 5) is 0. The van der Waals surface area contributed by atoms with Gasteiger partial charge in [-0.2, -0.15) is 0 Å². The van der Waals surface area contributed by atoms with Crippen molar-refractivity contribution in [3.05, 3.63) is 47.5 Å². The van der Waals surface area contributed by atoms with Crippen LogP contribution in [-0.2, 0) is 5.41 Å². The van der Waals surface area contributed by atoms with E-state index in [1.165, 1.54) is 11.1 Å². The molecule has 104 valence electrons. The van der Waals surface area contributed by atoms with Crippen LogP contribution in [0.15, 0.2) is 36.4 Å². The maximum Gasteiger partial charge on any atom is 0.120 e. The van der Waals surface area contributed by atoms with Gasteiger partial charge in [0.15, 0.2) is 0 Å². The molecule has 0 unspecified atom stereocenters. The zero-order chi connectivity index (χ0) is 14.3. The first-order valence-electron chi connectivity index (χ1n) is 6.70. The van der Waals surface area contributed by atoms with E-state index < -0.39 is 0 Å². The molecule has 0 saturated carbocycles. The van der Waals surface area contributed by atoms with E-state index in [0.29, 0.717) is 0 Å². The van der Waals surface area contributed by atoms with Gasteiger partial charge >= 0.3 is 0 Å². The highest BCUT2D eigenvalue weighted by molar-refractivity contribution is 5.77. The Morgan fingerprint density at radius 1 is 0.800 bits per heavy atom. The molecule has 1 aliphatic heterocycles. The fourth-order valence-corrected chi connectivity index (χ4v) is 2.89. The molecule has 2 aromatic carbocycles. The van der Waals surface area contributed by atoms with E-state index in [2.05, 4.69) is 31.3 Å². The standard InChI is InChI=1S/C17H19NO2/c1-17(2)13-7-5-11(19-3)9-15(13)18-16-10-12(20-4)6-8-14(16)17/h5-10,18H,1-4H3. The Morgan fingerprint density at radius 3 is 1.65 bits per heavy atom. The molecule has 0 fully saturated rings. The topological polar surface area (TPSA) is 30.5 Å². The SMILES string of the molecule is COc1ccc2c(c1)Nc1cc(OC)ccc1C2(C)C. The summed E-state index contributed by atoms with van der Waals surface area (Å²) in [6.45, 7) is 4.48. The molecule has 0 saturated heterocycles. The monoisotopic (exact) mass is 269 g/mol. The van der Waals surface area contributed by atoms with Crippen molar-refractivity contribution in [2.24, 2.45) is 0 Å². The highest BCUT2D eigenvalue weighted by Crippen LogP contribution is 2.47. The number of rotatable bonds is 2. The van der Waals surface area contributed by atoms with Crippen LogP contribution in [0, 0.1) is 0 Å². The minimum absolute atomic E-state index is 0.0472. The van der Waals surface area contributed by atoms with Gasteiger partial charge in [0.25, 0.3) is 0 Å². The average Bonchev–Trinajstić information content (AvgIpc) is 2.46. The quantitative estimate of drug-likeness (QED) is 0.890. The van der Waals surface area contributed by atoms with Gasteiger partial charge in [-0.1, -0.05) is 26.0 Å². The molecule has 1 aliphatic rings. The van der Waals surface area contributed by atoms with Crippen molar-refractivity contribution in [3.8, 4) is 11.5 Å². The van der Waals surface area contributed by atoms with E-state index in [9.17, 15) is 0 Å². The Labute approximate surface area is 119 Å². The number of benzene rings is 2. The van der Waals surface area contributed by atoms with Crippen molar-refractivity contribution in [1.29, 1.82) is 0 Å². The molecule has 3 rings (SSSR count). The van der Waals surface area contributed by atoms with Gasteiger partial charge in [0, 0.05) is 28.9 Å². The largest absolute Gasteiger partial charge is 0.497 e. The van der Waals surface area contributed by atoms with Crippen molar-refractivity contribution in [2.45, 2.75) is 19.3 Å². The van der Waals surface area contributed by atoms with E-state index in [1.54, 1.807) is 14.2 Å². The third-order valence-electron chi connectivity index (χ3n) is 4.07. The number of fused-ring (bicyclic) bond motifs is 2. The maximum absolute atomic E-state index is 5.32. The predicted octanol–water partition coefficient (Wildman–Crippen LogP) is 4.09. The molecule has 3 heteroatoms. The van der Waals surface area contributed by atoms with Crippen molar-refractivity contribution in [1.82, 2.24) is 0 Å². The van der Waals surface area contributed by atoms with Crippen molar-refractivity contribution >= 4 is 11.4 Å². The number of anilines is 2. The summed E-state index contributed by atoms with van der Waals surface area (Å²) in [5, 5.41) is 3.49. The molecule has 0 aromatic heterocycles. The second-order valence-corrected chi connectivity index (χ2v) is 5.57. The van der Waals surface area contributed by atoms with Gasteiger partial charge < -0.3 is 14.8 Å². The van der Waals surface area contributed by atoms with Gasteiger partial charge in [0.2, 0.25) is 0 Å². The zero-order valence-corrected chi connectivity index (χ0v) is 12.3. The highest BCUT2D eigenvalue weighted by atomic mass is 16.5. The van der Waals surface area contributed by atoms with Gasteiger partial charge in [0.05, 0.1) is 14.2 Å². The minimum Gasteiger partial charge on any atom is -0.497 e. The van der Waals surface area contributed by atoms with Crippen molar-refractivity contribution in [3.63, 3.8) is 0 Å². The first-order valence-corrected chi connectivity index (χ1v) is 6.70. The van der Waals surface area contributed by atoms with E-state index in [0.717, 1.165) is 22.9 Å². The smallest absolute Gasteiger partial charge is 0.120 e. The fraction of sp³-hybridized carbons (Fsp3) is 0.294. The van der Waals surface area contributed by atoms with E-state index >= 15 is 0 Å². The summed E-state index contributed by atoms with van der Waals surface area (Å²) in [6.07, 6.45) is 0. The Bertz CT molecular complexity index is 607. The van der Waals surface area contributed by atoms with Crippen LogP contribution in [0.4, 0.5) is 11.4 Å². The van der Waals surface area contributed by atoms with Gasteiger partial charge in [0.1, 0.15) is 11.5 Å². The summed E-state index contributed by atoms with van der Waals surface area (Å²) in [7, 11) is 3.37. The molecule has 0 radical (unpaired) electrons. The van der Waals surface area contributed by atoms with Crippen LogP contribution in [0.3, 0.4) is 0 Å². The normalized spacial score (nSPS) is 14.8. The molecular weight excluding hydrogens is 250 g/mol. The molecule has 2 aromatic rings. The van der Waals surface area contributed by atoms with E-state index in [1.807, 2.05) is 24.3 Å². The van der Waals surface area contributed by atoms with Gasteiger partial charge in [-0.15, -0.1) is 0 Å². The summed E-state index contributed by atoms with van der Waals surface area (Å²) in [5.74, 6) is 1.72. The first-order chi connectivity index (χ1) is 9.56. The fourth-order valence-electron chi connectivity index (χ4n) is 2.89. The predicted molar refractivity (Wildman–Crippen MR) is 81.4 cm³/mol. The van der Waals surface area contributed by atoms with Crippen LogP contribution in [0.2, 0.25) is 0 Å². The average molecular weight is 269 g/mol. The van der Waals surface area contributed by atoms with Crippen molar-refractivity contribution in [2.75, 3.05) is 19.5 Å². The molecule has 0 amide bonds. The molecule has 20 heavy (non-hydrogen) atoms. The molecule has 0 bridgehead atoms. The second-order valence-electron chi connectivity index (χ2n) is 5.57. The molecule has 3 nitrogen and oxygen atoms in total.